The first kappa shape index (κ1) is 12.8. The SMILES string of the molecule is CNC(c1cc(Cl)ccc1F)c1cccnc1N. The molecule has 0 saturated carbocycles. The van der Waals surface area contributed by atoms with Crippen LogP contribution in [0.4, 0.5) is 10.2 Å². The minimum Gasteiger partial charge on any atom is -0.383 e. The number of hydrogen-bond donors (Lipinski definition) is 2. The molecule has 0 amide bonds. The Morgan fingerprint density at radius 1 is 1.33 bits per heavy atom. The summed E-state index contributed by atoms with van der Waals surface area (Å²) in [5, 5.41) is 3.51. The first-order valence-electron chi connectivity index (χ1n) is 5.46. The third kappa shape index (κ3) is 2.44. The fourth-order valence-electron chi connectivity index (χ4n) is 1.89. The number of benzene rings is 1. The number of nitrogens with two attached hydrogens (primary N) is 1. The van der Waals surface area contributed by atoms with E-state index >= 15 is 0 Å². The van der Waals surface area contributed by atoms with Gasteiger partial charge in [-0.15, -0.1) is 0 Å². The van der Waals surface area contributed by atoms with Crippen LogP contribution in [0.25, 0.3) is 0 Å². The van der Waals surface area contributed by atoms with E-state index in [0.29, 0.717) is 16.4 Å². The van der Waals surface area contributed by atoms with E-state index in [4.69, 9.17) is 17.3 Å². The molecule has 1 unspecified atom stereocenters. The van der Waals surface area contributed by atoms with Crippen LogP contribution in [0.5, 0.6) is 0 Å². The average Bonchev–Trinajstić information content (AvgIpc) is 2.36. The van der Waals surface area contributed by atoms with Gasteiger partial charge in [0.2, 0.25) is 0 Å². The highest BCUT2D eigenvalue weighted by Gasteiger charge is 2.19. The second-order valence-corrected chi connectivity index (χ2v) is 4.30. The summed E-state index contributed by atoms with van der Waals surface area (Å²) in [4.78, 5) is 4.01. The molecule has 0 fully saturated rings. The van der Waals surface area contributed by atoms with Crippen molar-refractivity contribution >= 4 is 17.4 Å². The Morgan fingerprint density at radius 2 is 2.11 bits per heavy atom. The maximum Gasteiger partial charge on any atom is 0.128 e. The van der Waals surface area contributed by atoms with Crippen molar-refractivity contribution in [3.05, 3.63) is 58.5 Å². The van der Waals surface area contributed by atoms with Crippen LogP contribution < -0.4 is 11.1 Å². The van der Waals surface area contributed by atoms with Crippen molar-refractivity contribution in [3.8, 4) is 0 Å². The quantitative estimate of drug-likeness (QED) is 0.897. The van der Waals surface area contributed by atoms with E-state index in [1.807, 2.05) is 6.07 Å². The van der Waals surface area contributed by atoms with E-state index in [-0.39, 0.29) is 11.9 Å². The van der Waals surface area contributed by atoms with Crippen LogP contribution in [-0.4, -0.2) is 12.0 Å². The standard InChI is InChI=1S/C13H13ClFN3/c1-17-12(9-3-2-6-18-13(9)16)10-7-8(14)4-5-11(10)15/h2-7,12,17H,1H3,(H2,16,18). The molecule has 0 aliphatic heterocycles. The van der Waals surface area contributed by atoms with Crippen LogP contribution in [0.1, 0.15) is 17.2 Å². The number of nitrogen functional groups attached to an aromatic ring is 1. The predicted molar refractivity (Wildman–Crippen MR) is 71.0 cm³/mol. The van der Waals surface area contributed by atoms with Gasteiger partial charge in [0.1, 0.15) is 11.6 Å². The van der Waals surface area contributed by atoms with Gasteiger partial charge in [-0.3, -0.25) is 0 Å². The number of anilines is 1. The molecular weight excluding hydrogens is 253 g/mol. The molecule has 0 aliphatic carbocycles. The largest absolute Gasteiger partial charge is 0.383 e. The Bertz CT molecular complexity index is 560. The summed E-state index contributed by atoms with van der Waals surface area (Å²) < 4.78 is 13.9. The van der Waals surface area contributed by atoms with Crippen LogP contribution >= 0.6 is 11.6 Å². The minimum absolute atomic E-state index is 0.331. The highest BCUT2D eigenvalue weighted by Crippen LogP contribution is 2.28. The van der Waals surface area contributed by atoms with Gasteiger partial charge in [0.05, 0.1) is 6.04 Å². The van der Waals surface area contributed by atoms with Gasteiger partial charge in [0.25, 0.3) is 0 Å². The Labute approximate surface area is 110 Å². The van der Waals surface area contributed by atoms with Gasteiger partial charge in [0, 0.05) is 22.3 Å². The van der Waals surface area contributed by atoms with Crippen LogP contribution in [0, 0.1) is 5.82 Å². The van der Waals surface area contributed by atoms with Crippen molar-refractivity contribution in [2.75, 3.05) is 12.8 Å². The van der Waals surface area contributed by atoms with Crippen molar-refractivity contribution in [1.82, 2.24) is 10.3 Å². The highest BCUT2D eigenvalue weighted by atomic mass is 35.5. The molecule has 2 aromatic rings. The summed E-state index contributed by atoms with van der Waals surface area (Å²) in [5.41, 5.74) is 6.99. The molecule has 5 heteroatoms. The molecule has 1 heterocycles. The number of nitrogens with zero attached hydrogens (tertiary/aromatic N) is 1. The minimum atomic E-state index is -0.377. The number of halogens is 2. The Morgan fingerprint density at radius 3 is 2.78 bits per heavy atom. The van der Waals surface area contributed by atoms with Crippen LogP contribution in [-0.2, 0) is 0 Å². The first-order valence-corrected chi connectivity index (χ1v) is 5.84. The summed E-state index contributed by atoms with van der Waals surface area (Å²) in [6.07, 6.45) is 1.60. The van der Waals surface area contributed by atoms with Gasteiger partial charge < -0.3 is 11.1 Å². The molecule has 3 N–H and O–H groups in total. The van der Waals surface area contributed by atoms with Crippen molar-refractivity contribution in [2.45, 2.75) is 6.04 Å². The molecule has 0 spiro atoms. The number of aromatic nitrogens is 1. The number of rotatable bonds is 3. The second kappa shape index (κ2) is 5.33. The van der Waals surface area contributed by atoms with E-state index in [9.17, 15) is 4.39 Å². The van der Waals surface area contributed by atoms with E-state index in [1.54, 1.807) is 25.4 Å². The third-order valence-electron chi connectivity index (χ3n) is 2.74. The lowest BCUT2D eigenvalue weighted by Crippen LogP contribution is -2.20. The van der Waals surface area contributed by atoms with Gasteiger partial charge in [-0.1, -0.05) is 17.7 Å². The van der Waals surface area contributed by atoms with Gasteiger partial charge in [-0.25, -0.2) is 9.37 Å². The van der Waals surface area contributed by atoms with E-state index in [0.717, 1.165) is 5.56 Å². The average molecular weight is 266 g/mol. The Hall–Kier alpha value is -1.65. The molecular formula is C13H13ClFN3. The van der Waals surface area contributed by atoms with Crippen LogP contribution in [0.3, 0.4) is 0 Å². The molecule has 2 rings (SSSR count). The van der Waals surface area contributed by atoms with Gasteiger partial charge in [-0.05, 0) is 31.3 Å². The maximum atomic E-state index is 13.9. The lowest BCUT2D eigenvalue weighted by molar-refractivity contribution is 0.576. The monoisotopic (exact) mass is 265 g/mol. The van der Waals surface area contributed by atoms with Gasteiger partial charge in [-0.2, -0.15) is 0 Å². The number of pyridine rings is 1. The highest BCUT2D eigenvalue weighted by molar-refractivity contribution is 6.30. The summed E-state index contributed by atoms with van der Waals surface area (Å²) >= 11 is 5.90. The molecule has 1 aromatic heterocycles. The zero-order valence-corrected chi connectivity index (χ0v) is 10.6. The number of hydrogen-bond acceptors (Lipinski definition) is 3. The summed E-state index contributed by atoms with van der Waals surface area (Å²) in [7, 11) is 1.73. The summed E-state index contributed by atoms with van der Waals surface area (Å²) in [6, 6.07) is 7.64. The van der Waals surface area contributed by atoms with Gasteiger partial charge in [0.15, 0.2) is 0 Å². The molecule has 18 heavy (non-hydrogen) atoms. The molecule has 0 bridgehead atoms. The zero-order chi connectivity index (χ0) is 13.1. The van der Waals surface area contributed by atoms with E-state index in [1.165, 1.54) is 12.1 Å². The van der Waals surface area contributed by atoms with Crippen molar-refractivity contribution in [3.63, 3.8) is 0 Å². The second-order valence-electron chi connectivity index (χ2n) is 3.87. The fourth-order valence-corrected chi connectivity index (χ4v) is 2.07. The molecule has 94 valence electrons. The third-order valence-corrected chi connectivity index (χ3v) is 2.98. The van der Waals surface area contributed by atoms with Gasteiger partial charge >= 0.3 is 0 Å². The van der Waals surface area contributed by atoms with Crippen molar-refractivity contribution in [1.29, 1.82) is 0 Å². The topological polar surface area (TPSA) is 50.9 Å². The molecule has 1 atom stereocenters. The summed E-state index contributed by atoms with van der Waals surface area (Å²) in [6.45, 7) is 0. The normalized spacial score (nSPS) is 12.4. The first-order chi connectivity index (χ1) is 8.63. The maximum absolute atomic E-state index is 13.9. The molecule has 0 radical (unpaired) electrons. The van der Waals surface area contributed by atoms with Crippen LogP contribution in [0.2, 0.25) is 5.02 Å². The number of nitrogens with one attached hydrogen (secondary N) is 1. The van der Waals surface area contributed by atoms with Crippen molar-refractivity contribution < 1.29 is 4.39 Å². The molecule has 1 aromatic carbocycles. The zero-order valence-electron chi connectivity index (χ0n) is 9.82. The van der Waals surface area contributed by atoms with E-state index < -0.39 is 0 Å². The smallest absolute Gasteiger partial charge is 0.128 e. The fraction of sp³-hybridized carbons (Fsp3) is 0.154. The Kier molecular flexibility index (Phi) is 3.79. The van der Waals surface area contributed by atoms with Crippen LogP contribution in [0.15, 0.2) is 36.5 Å². The summed E-state index contributed by atoms with van der Waals surface area (Å²) in [5.74, 6) is 0.0400. The van der Waals surface area contributed by atoms with E-state index in [2.05, 4.69) is 10.3 Å². The lowest BCUT2D eigenvalue weighted by Gasteiger charge is -2.19. The molecule has 3 nitrogen and oxygen atoms in total. The molecule has 0 saturated heterocycles. The predicted octanol–water partition coefficient (Wildman–Crippen LogP) is 2.77. The Balaban J connectivity index is 2.52. The molecule has 0 aliphatic rings. The lowest BCUT2D eigenvalue weighted by atomic mass is 9.99. The van der Waals surface area contributed by atoms with Crippen molar-refractivity contribution in [2.24, 2.45) is 0 Å².